The van der Waals surface area contributed by atoms with Crippen LogP contribution in [0.3, 0.4) is 0 Å². The van der Waals surface area contributed by atoms with Crippen molar-refractivity contribution in [2.75, 3.05) is 5.75 Å². The number of nitrogens with zero attached hydrogens (tertiary/aromatic N) is 1. The maximum atomic E-state index is 12.7. The highest BCUT2D eigenvalue weighted by Crippen LogP contribution is 2.20. The number of pyridine rings is 1. The lowest BCUT2D eigenvalue weighted by Gasteiger charge is -2.13. The second-order valence-corrected chi connectivity index (χ2v) is 8.52. The average molecular weight is 383 g/mol. The molecule has 6 heteroatoms. The summed E-state index contributed by atoms with van der Waals surface area (Å²) in [7, 11) is -3.78. The van der Waals surface area contributed by atoms with Gasteiger partial charge in [0.1, 0.15) is 0 Å². The third-order valence-corrected chi connectivity index (χ3v) is 6.23. The van der Waals surface area contributed by atoms with Crippen LogP contribution in [0.15, 0.2) is 71.8 Å². The first kappa shape index (κ1) is 19.0. The molecule has 0 fully saturated rings. The van der Waals surface area contributed by atoms with Crippen molar-refractivity contribution in [3.05, 3.63) is 72.3 Å². The second kappa shape index (κ2) is 8.31. The highest BCUT2D eigenvalue weighted by molar-refractivity contribution is 7.91. The van der Waals surface area contributed by atoms with E-state index in [9.17, 15) is 18.3 Å². The highest BCUT2D eigenvalue weighted by atomic mass is 32.2. The smallest absolute Gasteiger partial charge is 0.307 e. The van der Waals surface area contributed by atoms with Crippen LogP contribution in [0.2, 0.25) is 0 Å². The van der Waals surface area contributed by atoms with Crippen LogP contribution in [-0.4, -0.2) is 30.2 Å². The van der Waals surface area contributed by atoms with Crippen molar-refractivity contribution in [3.8, 4) is 0 Å². The minimum atomic E-state index is -3.78. The average Bonchev–Trinajstić information content (AvgIpc) is 2.67. The van der Waals surface area contributed by atoms with Gasteiger partial charge in [-0.3, -0.25) is 4.79 Å². The number of aromatic nitrogens is 1. The van der Waals surface area contributed by atoms with Crippen molar-refractivity contribution in [2.45, 2.75) is 24.3 Å². The first-order valence-electron chi connectivity index (χ1n) is 8.81. The van der Waals surface area contributed by atoms with Crippen LogP contribution in [0.1, 0.15) is 18.4 Å². The first-order valence-corrected chi connectivity index (χ1v) is 10.5. The molecule has 0 saturated heterocycles. The topological polar surface area (TPSA) is 84.3 Å². The lowest BCUT2D eigenvalue weighted by atomic mass is 10.0. The van der Waals surface area contributed by atoms with Crippen LogP contribution in [0, 0.1) is 5.92 Å². The molecular weight excluding hydrogens is 362 g/mol. The molecule has 0 spiro atoms. The van der Waals surface area contributed by atoms with Crippen LogP contribution >= 0.6 is 0 Å². The second-order valence-electron chi connectivity index (χ2n) is 6.54. The Hall–Kier alpha value is -2.73. The molecule has 1 atom stereocenters. The molecule has 0 aliphatic carbocycles. The first-order chi connectivity index (χ1) is 13.0. The molecule has 0 radical (unpaired) electrons. The Morgan fingerprint density at radius 2 is 1.67 bits per heavy atom. The Morgan fingerprint density at radius 1 is 0.963 bits per heavy atom. The third kappa shape index (κ3) is 4.92. The van der Waals surface area contributed by atoms with Crippen molar-refractivity contribution in [1.82, 2.24) is 4.98 Å². The molecule has 27 heavy (non-hydrogen) atoms. The summed E-state index contributed by atoms with van der Waals surface area (Å²) in [5, 5.41) is 10.2. The van der Waals surface area contributed by atoms with E-state index in [4.69, 9.17) is 0 Å². The summed E-state index contributed by atoms with van der Waals surface area (Å²) < 4.78 is 25.4. The molecule has 2 aromatic carbocycles. The van der Waals surface area contributed by atoms with Crippen molar-refractivity contribution < 1.29 is 18.3 Å². The van der Waals surface area contributed by atoms with Crippen molar-refractivity contribution in [3.63, 3.8) is 0 Å². The van der Waals surface area contributed by atoms with Crippen LogP contribution in [0.5, 0.6) is 0 Å². The fourth-order valence-corrected chi connectivity index (χ4v) is 4.57. The summed E-state index contributed by atoms with van der Waals surface area (Å²) in [6.45, 7) is 0. The zero-order valence-electron chi connectivity index (χ0n) is 14.8. The molecular formula is C21H21NO4S. The van der Waals surface area contributed by atoms with E-state index in [-0.39, 0.29) is 5.03 Å². The van der Waals surface area contributed by atoms with E-state index in [1.165, 1.54) is 6.07 Å². The zero-order chi connectivity index (χ0) is 19.3. The fourth-order valence-electron chi connectivity index (χ4n) is 3.05. The Balaban J connectivity index is 1.71. The maximum absolute atomic E-state index is 12.7. The van der Waals surface area contributed by atoms with Gasteiger partial charge in [-0.1, -0.05) is 48.5 Å². The molecule has 0 aliphatic rings. The van der Waals surface area contributed by atoms with Gasteiger partial charge in [-0.05, 0) is 43.0 Å². The van der Waals surface area contributed by atoms with Gasteiger partial charge in [0.25, 0.3) is 0 Å². The highest BCUT2D eigenvalue weighted by Gasteiger charge is 2.27. The Kier molecular flexibility index (Phi) is 5.86. The molecule has 0 bridgehead atoms. The van der Waals surface area contributed by atoms with Crippen LogP contribution in [0.25, 0.3) is 10.9 Å². The van der Waals surface area contributed by atoms with E-state index in [0.29, 0.717) is 18.4 Å². The Labute approximate surface area is 158 Å². The number of fused-ring (bicyclic) bond motifs is 1. The molecule has 140 valence electrons. The van der Waals surface area contributed by atoms with Gasteiger partial charge < -0.3 is 5.11 Å². The predicted octanol–water partition coefficient (Wildman–Crippen LogP) is 3.73. The molecule has 1 unspecified atom stereocenters. The van der Waals surface area contributed by atoms with Gasteiger partial charge in [0.2, 0.25) is 0 Å². The van der Waals surface area contributed by atoms with Crippen LogP contribution < -0.4 is 0 Å². The number of sulfone groups is 1. The van der Waals surface area contributed by atoms with E-state index in [2.05, 4.69) is 4.98 Å². The summed E-state index contributed by atoms with van der Waals surface area (Å²) >= 11 is 0. The van der Waals surface area contributed by atoms with Gasteiger partial charge in [-0.25, -0.2) is 13.4 Å². The van der Waals surface area contributed by atoms with Gasteiger partial charge in [-0.15, -0.1) is 0 Å². The molecule has 1 heterocycles. The van der Waals surface area contributed by atoms with Crippen LogP contribution in [-0.2, 0) is 21.1 Å². The van der Waals surface area contributed by atoms with Gasteiger partial charge >= 0.3 is 5.97 Å². The number of benzene rings is 2. The minimum absolute atomic E-state index is 0.0736. The molecule has 0 saturated carbocycles. The normalized spacial score (nSPS) is 12.7. The number of hydrogen-bond acceptors (Lipinski definition) is 4. The largest absolute Gasteiger partial charge is 0.481 e. The number of carbonyl (C=O) groups is 1. The van der Waals surface area contributed by atoms with Gasteiger partial charge in [-0.2, -0.15) is 0 Å². The molecule has 1 aromatic heterocycles. The number of aryl methyl sites for hydroxylation is 1. The summed E-state index contributed by atoms with van der Waals surface area (Å²) in [6.07, 6.45) is 1.64. The number of rotatable bonds is 8. The Bertz CT molecular complexity index is 1030. The molecule has 5 nitrogen and oxygen atoms in total. The molecule has 0 amide bonds. The number of carboxylic acid groups (broad SMARTS) is 1. The van der Waals surface area contributed by atoms with E-state index in [1.807, 2.05) is 42.5 Å². The predicted molar refractivity (Wildman–Crippen MR) is 104 cm³/mol. The standard InChI is InChI=1S/C21H21NO4S/c23-21(24)18(11-6-9-16-7-2-1-3-8-16)15-27(25,26)20-14-13-17-10-4-5-12-19(17)22-20/h1-5,7-8,10,12-14,18H,6,9,11,15H2,(H,23,24). The number of aliphatic carboxylic acids is 1. The third-order valence-electron chi connectivity index (χ3n) is 4.52. The maximum Gasteiger partial charge on any atom is 0.307 e. The van der Waals surface area contributed by atoms with Crippen molar-refractivity contribution in [1.29, 1.82) is 0 Å². The summed E-state index contributed by atoms with van der Waals surface area (Å²) in [5.74, 6) is -2.48. The molecule has 3 rings (SSSR count). The number of hydrogen-bond donors (Lipinski definition) is 1. The van der Waals surface area contributed by atoms with Crippen molar-refractivity contribution >= 4 is 26.7 Å². The number of carboxylic acids is 1. The minimum Gasteiger partial charge on any atom is -0.481 e. The van der Waals surface area contributed by atoms with Crippen LogP contribution in [0.4, 0.5) is 0 Å². The van der Waals surface area contributed by atoms with Gasteiger partial charge in [0, 0.05) is 5.39 Å². The SMILES string of the molecule is O=C(O)C(CCCc1ccccc1)CS(=O)(=O)c1ccc2ccccc2n1. The van der Waals surface area contributed by atoms with E-state index in [0.717, 1.165) is 17.4 Å². The number of para-hydroxylation sites is 1. The van der Waals surface area contributed by atoms with E-state index in [1.54, 1.807) is 18.2 Å². The molecule has 1 N–H and O–H groups in total. The lowest BCUT2D eigenvalue weighted by Crippen LogP contribution is -2.24. The lowest BCUT2D eigenvalue weighted by molar-refractivity contribution is -0.141. The Morgan fingerprint density at radius 3 is 2.41 bits per heavy atom. The van der Waals surface area contributed by atoms with Crippen molar-refractivity contribution in [2.24, 2.45) is 5.92 Å². The zero-order valence-corrected chi connectivity index (χ0v) is 15.6. The van der Waals surface area contributed by atoms with Gasteiger partial charge in [0.05, 0.1) is 17.2 Å². The summed E-state index contributed by atoms with van der Waals surface area (Å²) in [5.41, 5.74) is 1.69. The summed E-state index contributed by atoms with van der Waals surface area (Å²) in [6, 6.07) is 20.1. The fraction of sp³-hybridized carbons (Fsp3) is 0.238. The molecule has 0 aliphatic heterocycles. The van der Waals surface area contributed by atoms with E-state index < -0.39 is 27.5 Å². The quantitative estimate of drug-likeness (QED) is 0.641. The van der Waals surface area contributed by atoms with Gasteiger partial charge in [0.15, 0.2) is 14.9 Å². The van der Waals surface area contributed by atoms with E-state index >= 15 is 0 Å². The monoisotopic (exact) mass is 383 g/mol. The summed E-state index contributed by atoms with van der Waals surface area (Å²) in [4.78, 5) is 15.8. The molecule has 3 aromatic rings.